The van der Waals surface area contributed by atoms with Gasteiger partial charge in [-0.3, -0.25) is 4.79 Å². The second kappa shape index (κ2) is 10.5. The van der Waals surface area contributed by atoms with E-state index < -0.39 is 5.91 Å². The van der Waals surface area contributed by atoms with Crippen LogP contribution in [0, 0.1) is 31.1 Å². The Balaban J connectivity index is 2.15. The van der Waals surface area contributed by atoms with E-state index in [4.69, 9.17) is 4.74 Å². The molecule has 2 heterocycles. The molecule has 1 N–H and O–H groups in total. The largest absolute Gasteiger partial charge is 0.477 e. The summed E-state index contributed by atoms with van der Waals surface area (Å²) in [5, 5.41) is 12.3. The van der Waals surface area contributed by atoms with E-state index in [0.29, 0.717) is 18.4 Å². The highest BCUT2D eigenvalue weighted by atomic mass is 16.5. The third-order valence-electron chi connectivity index (χ3n) is 4.56. The van der Waals surface area contributed by atoms with Crippen molar-refractivity contribution in [3.8, 4) is 11.9 Å². The van der Waals surface area contributed by atoms with Gasteiger partial charge in [0, 0.05) is 36.2 Å². The fourth-order valence-corrected chi connectivity index (χ4v) is 3.08. The number of carbonyl (C=O) groups is 1. The highest BCUT2D eigenvalue weighted by molar-refractivity contribution is 6.01. The van der Waals surface area contributed by atoms with Gasteiger partial charge in [0.1, 0.15) is 11.6 Å². The summed E-state index contributed by atoms with van der Waals surface area (Å²) in [6.07, 6.45) is 4.19. The molecule has 0 atom stereocenters. The maximum Gasteiger partial charge on any atom is 0.262 e. The van der Waals surface area contributed by atoms with Gasteiger partial charge in [0.25, 0.3) is 5.91 Å². The zero-order valence-electron chi connectivity index (χ0n) is 18.0. The fourth-order valence-electron chi connectivity index (χ4n) is 3.08. The first-order valence-electron chi connectivity index (χ1n) is 10.0. The van der Waals surface area contributed by atoms with Crippen LogP contribution in [0.5, 0.6) is 5.88 Å². The summed E-state index contributed by atoms with van der Waals surface area (Å²) >= 11 is 0. The zero-order valence-corrected chi connectivity index (χ0v) is 18.0. The van der Waals surface area contributed by atoms with Crippen molar-refractivity contribution in [1.29, 1.82) is 5.26 Å². The van der Waals surface area contributed by atoms with Crippen molar-refractivity contribution in [3.63, 3.8) is 0 Å². The molecule has 6 nitrogen and oxygen atoms in total. The minimum absolute atomic E-state index is 0.0784. The van der Waals surface area contributed by atoms with Crippen molar-refractivity contribution in [2.75, 3.05) is 6.61 Å². The summed E-state index contributed by atoms with van der Waals surface area (Å²) in [5.41, 5.74) is 3.92. The quantitative estimate of drug-likeness (QED) is 0.511. The molecule has 1 amide bonds. The molecule has 154 valence electrons. The van der Waals surface area contributed by atoms with Gasteiger partial charge in [0.15, 0.2) is 0 Å². The number of nitrogens with one attached hydrogen (secondary N) is 1. The zero-order chi connectivity index (χ0) is 21.4. The van der Waals surface area contributed by atoms with E-state index in [2.05, 4.69) is 28.7 Å². The molecule has 0 aromatic carbocycles. The molecule has 0 unspecified atom stereocenters. The molecule has 0 saturated heterocycles. The number of aromatic nitrogens is 2. The van der Waals surface area contributed by atoms with E-state index in [1.807, 2.05) is 39.0 Å². The standard InChI is InChI=1S/C23H30N4O2/c1-6-10-29-23-19(8-7-9-25-23)14-26-22(28)21(13-24)12-20-11-17(4)27(18(20)5)15-16(2)3/h7-9,11-12,16H,6,10,14-15H2,1-5H3,(H,26,28)/b21-12-. The van der Waals surface area contributed by atoms with Crippen LogP contribution in [0.15, 0.2) is 30.0 Å². The topological polar surface area (TPSA) is 79.9 Å². The van der Waals surface area contributed by atoms with Gasteiger partial charge in [-0.15, -0.1) is 0 Å². The normalized spacial score (nSPS) is 11.4. The van der Waals surface area contributed by atoms with Crippen molar-refractivity contribution < 1.29 is 9.53 Å². The van der Waals surface area contributed by atoms with E-state index in [0.717, 1.165) is 35.5 Å². The maximum absolute atomic E-state index is 12.6. The number of aryl methyl sites for hydroxylation is 1. The number of hydrogen-bond donors (Lipinski definition) is 1. The average molecular weight is 395 g/mol. The van der Waals surface area contributed by atoms with Crippen LogP contribution in [-0.4, -0.2) is 22.1 Å². The molecule has 0 spiro atoms. The number of carbonyl (C=O) groups excluding carboxylic acids is 1. The number of hydrogen-bond acceptors (Lipinski definition) is 4. The molecule has 2 aromatic heterocycles. The Kier molecular flexibility index (Phi) is 8.02. The Morgan fingerprint density at radius 3 is 2.83 bits per heavy atom. The smallest absolute Gasteiger partial charge is 0.262 e. The first kappa shape index (κ1) is 22.2. The lowest BCUT2D eigenvalue weighted by molar-refractivity contribution is -0.117. The van der Waals surface area contributed by atoms with Crippen LogP contribution in [0.2, 0.25) is 0 Å². The Morgan fingerprint density at radius 2 is 2.17 bits per heavy atom. The van der Waals surface area contributed by atoms with Gasteiger partial charge in [-0.05, 0) is 50.0 Å². The highest BCUT2D eigenvalue weighted by Gasteiger charge is 2.14. The summed E-state index contributed by atoms with van der Waals surface area (Å²) in [5.74, 6) is 0.611. The molecule has 0 aliphatic rings. The van der Waals surface area contributed by atoms with E-state index in [1.165, 1.54) is 0 Å². The second-order valence-electron chi connectivity index (χ2n) is 7.50. The van der Waals surface area contributed by atoms with Gasteiger partial charge < -0.3 is 14.6 Å². The average Bonchev–Trinajstić information content (AvgIpc) is 2.96. The first-order chi connectivity index (χ1) is 13.9. The summed E-state index contributed by atoms with van der Waals surface area (Å²) in [4.78, 5) is 16.8. The van der Waals surface area contributed by atoms with E-state index in [9.17, 15) is 10.1 Å². The second-order valence-corrected chi connectivity index (χ2v) is 7.50. The SMILES string of the molecule is CCCOc1ncccc1CNC(=O)/C(C#N)=C\c1cc(C)n(CC(C)C)c1C. The minimum Gasteiger partial charge on any atom is -0.477 e. The molecule has 2 aromatic rings. The van der Waals surface area contributed by atoms with E-state index >= 15 is 0 Å². The number of nitriles is 1. The van der Waals surface area contributed by atoms with Crippen LogP contribution in [0.1, 0.15) is 49.7 Å². The molecule has 0 bridgehead atoms. The summed E-state index contributed by atoms with van der Waals surface area (Å²) < 4.78 is 7.84. The summed E-state index contributed by atoms with van der Waals surface area (Å²) in [6.45, 7) is 12.1. The number of amides is 1. The van der Waals surface area contributed by atoms with Crippen molar-refractivity contribution in [2.24, 2.45) is 5.92 Å². The molecule has 0 aliphatic carbocycles. The van der Waals surface area contributed by atoms with Gasteiger partial charge in [0.2, 0.25) is 5.88 Å². The Bertz CT molecular complexity index is 919. The van der Waals surface area contributed by atoms with Crippen molar-refractivity contribution >= 4 is 12.0 Å². The van der Waals surface area contributed by atoms with Crippen LogP contribution >= 0.6 is 0 Å². The molecule has 2 rings (SSSR count). The molecule has 0 aliphatic heterocycles. The van der Waals surface area contributed by atoms with E-state index in [1.54, 1.807) is 18.3 Å². The Hall–Kier alpha value is -3.07. The third kappa shape index (κ3) is 5.95. The lowest BCUT2D eigenvalue weighted by Crippen LogP contribution is -2.24. The van der Waals surface area contributed by atoms with Crippen molar-refractivity contribution in [1.82, 2.24) is 14.9 Å². The number of nitrogens with zero attached hydrogens (tertiary/aromatic N) is 3. The molecular formula is C23H30N4O2. The lowest BCUT2D eigenvalue weighted by Gasteiger charge is -2.12. The van der Waals surface area contributed by atoms with Gasteiger partial charge in [-0.1, -0.05) is 26.8 Å². The van der Waals surface area contributed by atoms with Gasteiger partial charge in [-0.2, -0.15) is 5.26 Å². The first-order valence-corrected chi connectivity index (χ1v) is 10.0. The molecule has 0 fully saturated rings. The van der Waals surface area contributed by atoms with Crippen LogP contribution in [0.4, 0.5) is 0 Å². The third-order valence-corrected chi connectivity index (χ3v) is 4.56. The predicted molar refractivity (Wildman–Crippen MR) is 114 cm³/mol. The van der Waals surface area contributed by atoms with E-state index in [-0.39, 0.29) is 12.1 Å². The van der Waals surface area contributed by atoms with Gasteiger partial charge >= 0.3 is 0 Å². The lowest BCUT2D eigenvalue weighted by atomic mass is 10.1. The van der Waals surface area contributed by atoms with Crippen LogP contribution < -0.4 is 10.1 Å². The van der Waals surface area contributed by atoms with Crippen molar-refractivity contribution in [2.45, 2.75) is 54.1 Å². The molecular weight excluding hydrogens is 364 g/mol. The minimum atomic E-state index is -0.411. The maximum atomic E-state index is 12.6. The van der Waals surface area contributed by atoms with Crippen LogP contribution in [0.3, 0.4) is 0 Å². The monoisotopic (exact) mass is 394 g/mol. The predicted octanol–water partition coefficient (Wildman–Crippen LogP) is 4.17. The summed E-state index contributed by atoms with van der Waals surface area (Å²) in [7, 11) is 0. The Morgan fingerprint density at radius 1 is 1.41 bits per heavy atom. The van der Waals surface area contributed by atoms with Crippen LogP contribution in [-0.2, 0) is 17.9 Å². The van der Waals surface area contributed by atoms with Crippen molar-refractivity contribution in [3.05, 3.63) is 52.5 Å². The molecule has 29 heavy (non-hydrogen) atoms. The van der Waals surface area contributed by atoms with Gasteiger partial charge in [-0.25, -0.2) is 4.98 Å². The Labute approximate surface area is 173 Å². The van der Waals surface area contributed by atoms with Crippen LogP contribution in [0.25, 0.3) is 6.08 Å². The molecule has 0 radical (unpaired) electrons. The highest BCUT2D eigenvalue weighted by Crippen LogP contribution is 2.20. The molecule has 6 heteroatoms. The fraction of sp³-hybridized carbons (Fsp3) is 0.435. The van der Waals surface area contributed by atoms with Gasteiger partial charge in [0.05, 0.1) is 6.61 Å². The molecule has 0 saturated carbocycles. The summed E-state index contributed by atoms with van der Waals surface area (Å²) in [6, 6.07) is 7.69. The number of pyridine rings is 1. The number of ether oxygens (including phenoxy) is 1. The number of rotatable bonds is 9.